The van der Waals surface area contributed by atoms with Crippen molar-refractivity contribution in [1.82, 2.24) is 10.3 Å². The van der Waals surface area contributed by atoms with Gasteiger partial charge >= 0.3 is 0 Å². The molecule has 0 amide bonds. The van der Waals surface area contributed by atoms with E-state index in [1.807, 2.05) is 24.0 Å². The quantitative estimate of drug-likeness (QED) is 0.560. The number of thiazole rings is 1. The molecule has 0 atom stereocenters. The van der Waals surface area contributed by atoms with Crippen LogP contribution in [0, 0.1) is 0 Å². The fraction of sp³-hybridized carbons (Fsp3) is 0.545. The minimum Gasteiger partial charge on any atom is -0.311 e. The standard InChI is InChI=1S/C11H18N2S2/c1-3-6-14-7-5-12-8-10-9-13-11(4-2)15-10/h3,9,12H,1,4-8H2,2H3. The molecule has 1 heterocycles. The van der Waals surface area contributed by atoms with Crippen LogP contribution in [-0.4, -0.2) is 23.0 Å². The monoisotopic (exact) mass is 242 g/mol. The molecular weight excluding hydrogens is 224 g/mol. The van der Waals surface area contributed by atoms with Gasteiger partial charge in [-0.3, -0.25) is 0 Å². The van der Waals surface area contributed by atoms with Gasteiger partial charge in [-0.15, -0.1) is 17.9 Å². The lowest BCUT2D eigenvalue weighted by Crippen LogP contribution is -2.15. The summed E-state index contributed by atoms with van der Waals surface area (Å²) in [5.74, 6) is 2.19. The van der Waals surface area contributed by atoms with Crippen molar-refractivity contribution < 1.29 is 0 Å². The van der Waals surface area contributed by atoms with Gasteiger partial charge in [-0.1, -0.05) is 13.0 Å². The zero-order valence-electron chi connectivity index (χ0n) is 9.16. The second-order valence-corrected chi connectivity index (χ2v) is 5.46. The molecule has 84 valence electrons. The molecule has 1 aromatic heterocycles. The summed E-state index contributed by atoms with van der Waals surface area (Å²) in [5, 5.41) is 4.64. The highest BCUT2D eigenvalue weighted by Crippen LogP contribution is 2.12. The van der Waals surface area contributed by atoms with Crippen LogP contribution in [0.1, 0.15) is 16.8 Å². The number of hydrogen-bond acceptors (Lipinski definition) is 4. The molecule has 1 rings (SSSR count). The van der Waals surface area contributed by atoms with Crippen LogP contribution >= 0.6 is 23.1 Å². The number of hydrogen-bond donors (Lipinski definition) is 1. The van der Waals surface area contributed by atoms with Gasteiger partial charge in [-0.2, -0.15) is 11.8 Å². The molecule has 0 spiro atoms. The van der Waals surface area contributed by atoms with E-state index < -0.39 is 0 Å². The van der Waals surface area contributed by atoms with E-state index in [4.69, 9.17) is 0 Å². The Hall–Kier alpha value is -0.320. The third-order valence-corrected chi connectivity index (χ3v) is 3.97. The number of aryl methyl sites for hydroxylation is 1. The second kappa shape index (κ2) is 7.91. The topological polar surface area (TPSA) is 24.9 Å². The van der Waals surface area contributed by atoms with Gasteiger partial charge in [-0.25, -0.2) is 4.98 Å². The first-order valence-electron chi connectivity index (χ1n) is 5.19. The molecule has 0 aliphatic heterocycles. The number of thioether (sulfide) groups is 1. The summed E-state index contributed by atoms with van der Waals surface area (Å²) in [6.45, 7) is 7.84. The van der Waals surface area contributed by atoms with E-state index in [0.717, 1.165) is 31.0 Å². The van der Waals surface area contributed by atoms with Crippen molar-refractivity contribution in [2.24, 2.45) is 0 Å². The van der Waals surface area contributed by atoms with Crippen LogP contribution in [0.4, 0.5) is 0 Å². The normalized spacial score (nSPS) is 10.5. The molecule has 15 heavy (non-hydrogen) atoms. The minimum absolute atomic E-state index is 0.951. The van der Waals surface area contributed by atoms with E-state index in [-0.39, 0.29) is 0 Å². The lowest BCUT2D eigenvalue weighted by Gasteiger charge is -2.00. The highest BCUT2D eigenvalue weighted by molar-refractivity contribution is 7.99. The van der Waals surface area contributed by atoms with E-state index in [0.29, 0.717) is 0 Å². The maximum absolute atomic E-state index is 4.32. The molecule has 0 saturated carbocycles. The van der Waals surface area contributed by atoms with Crippen molar-refractivity contribution in [2.45, 2.75) is 19.9 Å². The van der Waals surface area contributed by atoms with Gasteiger partial charge in [0.2, 0.25) is 0 Å². The SMILES string of the molecule is C=CCSCCNCc1cnc(CC)s1. The van der Waals surface area contributed by atoms with Crippen LogP contribution in [0.5, 0.6) is 0 Å². The zero-order valence-corrected chi connectivity index (χ0v) is 10.8. The van der Waals surface area contributed by atoms with Crippen molar-refractivity contribution >= 4 is 23.1 Å². The summed E-state index contributed by atoms with van der Waals surface area (Å²) in [7, 11) is 0. The minimum atomic E-state index is 0.951. The molecule has 0 saturated heterocycles. The Bertz CT molecular complexity index is 284. The molecule has 2 nitrogen and oxygen atoms in total. The van der Waals surface area contributed by atoms with Crippen LogP contribution in [0.15, 0.2) is 18.9 Å². The number of nitrogens with zero attached hydrogens (tertiary/aromatic N) is 1. The zero-order chi connectivity index (χ0) is 10.9. The summed E-state index contributed by atoms with van der Waals surface area (Å²) in [6.07, 6.45) is 4.97. The lowest BCUT2D eigenvalue weighted by atomic mass is 10.5. The average molecular weight is 242 g/mol. The van der Waals surface area contributed by atoms with E-state index >= 15 is 0 Å². The molecule has 0 unspecified atom stereocenters. The Morgan fingerprint density at radius 3 is 3.20 bits per heavy atom. The van der Waals surface area contributed by atoms with Crippen molar-refractivity contribution in [1.29, 1.82) is 0 Å². The number of nitrogens with one attached hydrogen (secondary N) is 1. The highest BCUT2D eigenvalue weighted by Gasteiger charge is 1.98. The van der Waals surface area contributed by atoms with Gasteiger partial charge < -0.3 is 5.32 Å². The highest BCUT2D eigenvalue weighted by atomic mass is 32.2. The molecule has 0 fully saturated rings. The molecule has 1 aromatic rings. The lowest BCUT2D eigenvalue weighted by molar-refractivity contribution is 0.740. The Kier molecular flexibility index (Phi) is 6.72. The van der Waals surface area contributed by atoms with E-state index in [1.165, 1.54) is 9.88 Å². The van der Waals surface area contributed by atoms with Crippen LogP contribution in [0.25, 0.3) is 0 Å². The molecule has 0 aliphatic rings. The third kappa shape index (κ3) is 5.35. The van der Waals surface area contributed by atoms with Gasteiger partial charge in [-0.05, 0) is 6.42 Å². The maximum atomic E-state index is 4.32. The second-order valence-electron chi connectivity index (χ2n) is 3.11. The van der Waals surface area contributed by atoms with Crippen molar-refractivity contribution in [3.63, 3.8) is 0 Å². The Morgan fingerprint density at radius 1 is 1.67 bits per heavy atom. The summed E-state index contributed by atoms with van der Waals surface area (Å²) in [6, 6.07) is 0. The van der Waals surface area contributed by atoms with Crippen LogP contribution in [-0.2, 0) is 13.0 Å². The maximum Gasteiger partial charge on any atom is 0.0925 e. The van der Waals surface area contributed by atoms with Crippen molar-refractivity contribution in [3.8, 4) is 0 Å². The summed E-state index contributed by atoms with van der Waals surface area (Å²) < 4.78 is 0. The summed E-state index contributed by atoms with van der Waals surface area (Å²) in [5.41, 5.74) is 0. The Balaban J connectivity index is 2.06. The van der Waals surface area contributed by atoms with Gasteiger partial charge in [0.05, 0.1) is 5.01 Å². The Morgan fingerprint density at radius 2 is 2.53 bits per heavy atom. The predicted molar refractivity (Wildman–Crippen MR) is 70.7 cm³/mol. The van der Waals surface area contributed by atoms with E-state index in [2.05, 4.69) is 23.8 Å². The molecule has 1 N–H and O–H groups in total. The smallest absolute Gasteiger partial charge is 0.0925 e. The number of rotatable bonds is 8. The predicted octanol–water partition coefficient (Wildman–Crippen LogP) is 2.71. The number of aromatic nitrogens is 1. The van der Waals surface area contributed by atoms with Crippen molar-refractivity contribution in [3.05, 3.63) is 28.7 Å². The Labute approximate surface area is 100 Å². The van der Waals surface area contributed by atoms with Gasteiger partial charge in [0, 0.05) is 35.7 Å². The largest absolute Gasteiger partial charge is 0.311 e. The van der Waals surface area contributed by atoms with Crippen LogP contribution in [0.2, 0.25) is 0 Å². The summed E-state index contributed by atoms with van der Waals surface area (Å²) in [4.78, 5) is 5.66. The van der Waals surface area contributed by atoms with Crippen LogP contribution in [0.3, 0.4) is 0 Å². The average Bonchev–Trinajstić information content (AvgIpc) is 2.71. The van der Waals surface area contributed by atoms with Gasteiger partial charge in [0.15, 0.2) is 0 Å². The molecular formula is C11H18N2S2. The molecule has 0 aromatic carbocycles. The fourth-order valence-electron chi connectivity index (χ4n) is 1.12. The van der Waals surface area contributed by atoms with Crippen molar-refractivity contribution in [2.75, 3.05) is 18.1 Å². The van der Waals surface area contributed by atoms with Gasteiger partial charge in [0.1, 0.15) is 0 Å². The molecule has 0 aliphatic carbocycles. The first-order valence-corrected chi connectivity index (χ1v) is 7.17. The molecule has 4 heteroatoms. The molecule has 0 bridgehead atoms. The summed E-state index contributed by atoms with van der Waals surface area (Å²) >= 11 is 3.71. The first-order chi connectivity index (χ1) is 7.36. The molecule has 0 radical (unpaired) electrons. The van der Waals surface area contributed by atoms with Gasteiger partial charge in [0.25, 0.3) is 0 Å². The first kappa shape index (κ1) is 12.7. The third-order valence-electron chi connectivity index (χ3n) is 1.86. The van der Waals surface area contributed by atoms with Crippen LogP contribution < -0.4 is 5.32 Å². The van der Waals surface area contributed by atoms with E-state index in [1.54, 1.807) is 11.3 Å². The van der Waals surface area contributed by atoms with E-state index in [9.17, 15) is 0 Å². The fourth-order valence-corrected chi connectivity index (χ4v) is 2.57.